The summed E-state index contributed by atoms with van der Waals surface area (Å²) in [6.07, 6.45) is 3.22. The molecule has 1 saturated heterocycles. The quantitative estimate of drug-likeness (QED) is 0.682. The minimum absolute atomic E-state index is 0.312. The lowest BCUT2D eigenvalue weighted by molar-refractivity contribution is -0.139. The third kappa shape index (κ3) is 8.57. The van der Waals surface area contributed by atoms with Gasteiger partial charge < -0.3 is 10.8 Å². The van der Waals surface area contributed by atoms with Gasteiger partial charge in [-0.3, -0.25) is 19.3 Å². The first-order valence-corrected chi connectivity index (χ1v) is 10.2. The van der Waals surface area contributed by atoms with E-state index in [-0.39, 0.29) is 18.1 Å². The van der Waals surface area contributed by atoms with E-state index in [1.807, 2.05) is 24.3 Å². The van der Waals surface area contributed by atoms with E-state index < -0.39 is 5.97 Å². The van der Waals surface area contributed by atoms with E-state index in [4.69, 9.17) is 10.8 Å². The van der Waals surface area contributed by atoms with E-state index in [2.05, 4.69) is 35.2 Å². The number of nitrogens with zero attached hydrogens (tertiary/aromatic N) is 1. The number of carbonyl (C=O) groups excluding carboxylic acids is 2. The lowest BCUT2D eigenvalue weighted by Crippen LogP contribution is -2.33. The Labute approximate surface area is 177 Å². The summed E-state index contributed by atoms with van der Waals surface area (Å²) in [5.74, 6) is -0.993. The van der Waals surface area contributed by atoms with Crippen molar-refractivity contribution in [3.8, 4) is 0 Å². The number of piperidine rings is 1. The van der Waals surface area contributed by atoms with Crippen LogP contribution in [0.2, 0.25) is 0 Å². The SMILES string of the molecule is CC(=O)CC(=O)O.NC(=O)c1ccc(CC2CCN(Cc3ccccc3)CC2)cc1. The number of hydrogen-bond donors (Lipinski definition) is 2. The first kappa shape index (κ1) is 23.3. The van der Waals surface area contributed by atoms with E-state index in [9.17, 15) is 14.4 Å². The number of Topliss-reactive ketones (excluding diaryl/α,β-unsaturated/α-hetero) is 1. The van der Waals surface area contributed by atoms with Crippen LogP contribution >= 0.6 is 0 Å². The molecule has 1 amide bonds. The van der Waals surface area contributed by atoms with E-state index in [1.54, 1.807) is 0 Å². The maximum absolute atomic E-state index is 11.1. The van der Waals surface area contributed by atoms with Gasteiger partial charge in [0, 0.05) is 12.1 Å². The molecule has 0 aromatic heterocycles. The summed E-state index contributed by atoms with van der Waals surface area (Å²) in [6.45, 7) is 4.63. The zero-order chi connectivity index (χ0) is 21.9. The summed E-state index contributed by atoms with van der Waals surface area (Å²) >= 11 is 0. The third-order valence-corrected chi connectivity index (χ3v) is 5.12. The van der Waals surface area contributed by atoms with Gasteiger partial charge in [-0.15, -0.1) is 0 Å². The monoisotopic (exact) mass is 410 g/mol. The van der Waals surface area contributed by atoms with Crippen molar-refractivity contribution in [2.75, 3.05) is 13.1 Å². The highest BCUT2D eigenvalue weighted by Crippen LogP contribution is 2.23. The van der Waals surface area contributed by atoms with Crippen LogP contribution in [0.1, 0.15) is 47.7 Å². The van der Waals surface area contributed by atoms with Gasteiger partial charge in [-0.05, 0) is 68.5 Å². The molecule has 0 radical (unpaired) electrons. The Kier molecular flexibility index (Phi) is 9.22. The zero-order valence-corrected chi connectivity index (χ0v) is 17.4. The predicted octanol–water partition coefficient (Wildman–Crippen LogP) is 3.29. The molecule has 0 unspecified atom stereocenters. The number of nitrogens with two attached hydrogens (primary N) is 1. The highest BCUT2D eigenvalue weighted by molar-refractivity contribution is 5.93. The molecule has 2 aromatic rings. The summed E-state index contributed by atoms with van der Waals surface area (Å²) in [5, 5.41) is 7.86. The second-order valence-corrected chi connectivity index (χ2v) is 7.74. The Morgan fingerprint density at radius 2 is 1.57 bits per heavy atom. The number of hydrogen-bond acceptors (Lipinski definition) is 4. The van der Waals surface area contributed by atoms with Crippen molar-refractivity contribution in [2.45, 2.75) is 39.2 Å². The maximum atomic E-state index is 11.1. The third-order valence-electron chi connectivity index (χ3n) is 5.12. The molecule has 1 heterocycles. The molecule has 160 valence electrons. The highest BCUT2D eigenvalue weighted by Gasteiger charge is 2.19. The molecule has 6 nitrogen and oxygen atoms in total. The number of likely N-dealkylation sites (tertiary alicyclic amines) is 1. The molecule has 0 atom stereocenters. The van der Waals surface area contributed by atoms with Crippen LogP contribution in [-0.4, -0.2) is 40.8 Å². The zero-order valence-electron chi connectivity index (χ0n) is 17.4. The number of carbonyl (C=O) groups is 3. The van der Waals surface area contributed by atoms with Crippen LogP contribution < -0.4 is 5.73 Å². The van der Waals surface area contributed by atoms with Gasteiger partial charge in [0.05, 0.1) is 0 Å². The van der Waals surface area contributed by atoms with Gasteiger partial charge in [-0.1, -0.05) is 42.5 Å². The average Bonchev–Trinajstić information content (AvgIpc) is 2.70. The van der Waals surface area contributed by atoms with Crippen molar-refractivity contribution in [1.29, 1.82) is 0 Å². The van der Waals surface area contributed by atoms with Gasteiger partial charge in [-0.25, -0.2) is 0 Å². The van der Waals surface area contributed by atoms with E-state index in [1.165, 1.54) is 44.0 Å². The highest BCUT2D eigenvalue weighted by atomic mass is 16.4. The van der Waals surface area contributed by atoms with Gasteiger partial charge in [0.25, 0.3) is 0 Å². The molecule has 0 aliphatic carbocycles. The fourth-order valence-corrected chi connectivity index (χ4v) is 3.54. The molecule has 0 spiro atoms. The predicted molar refractivity (Wildman–Crippen MR) is 116 cm³/mol. The van der Waals surface area contributed by atoms with Crippen LogP contribution in [0.5, 0.6) is 0 Å². The summed E-state index contributed by atoms with van der Waals surface area (Å²) in [7, 11) is 0. The number of ketones is 1. The molecule has 2 aromatic carbocycles. The Bertz CT molecular complexity index is 814. The lowest BCUT2D eigenvalue weighted by atomic mass is 9.89. The van der Waals surface area contributed by atoms with Crippen molar-refractivity contribution >= 4 is 17.7 Å². The number of carboxylic acids is 1. The van der Waals surface area contributed by atoms with Gasteiger partial charge in [-0.2, -0.15) is 0 Å². The van der Waals surface area contributed by atoms with Gasteiger partial charge >= 0.3 is 5.97 Å². The van der Waals surface area contributed by atoms with E-state index >= 15 is 0 Å². The standard InChI is InChI=1S/C20H24N2O.C4H6O3/c21-20(23)19-8-6-16(7-9-19)14-17-10-12-22(13-11-17)15-18-4-2-1-3-5-18;1-3(5)2-4(6)7/h1-9,17H,10-15H2,(H2,21,23);2H2,1H3,(H,6,7). The molecule has 1 aliphatic heterocycles. The molecule has 1 aliphatic rings. The molecule has 0 bridgehead atoms. The van der Waals surface area contributed by atoms with Crippen molar-refractivity contribution in [1.82, 2.24) is 4.90 Å². The maximum Gasteiger partial charge on any atom is 0.310 e. The summed E-state index contributed by atoms with van der Waals surface area (Å²) in [5.41, 5.74) is 8.57. The number of amides is 1. The Morgan fingerprint density at radius 1 is 0.967 bits per heavy atom. The largest absolute Gasteiger partial charge is 0.481 e. The normalized spacial score (nSPS) is 14.4. The van der Waals surface area contributed by atoms with Crippen molar-refractivity contribution < 1.29 is 19.5 Å². The van der Waals surface area contributed by atoms with E-state index in [0.717, 1.165) is 18.9 Å². The van der Waals surface area contributed by atoms with Crippen molar-refractivity contribution in [3.05, 3.63) is 71.3 Å². The van der Waals surface area contributed by atoms with Crippen LogP contribution in [0.3, 0.4) is 0 Å². The minimum atomic E-state index is -1.06. The van der Waals surface area contributed by atoms with Gasteiger partial charge in [0.2, 0.25) is 5.91 Å². The van der Waals surface area contributed by atoms with Crippen LogP contribution in [0.4, 0.5) is 0 Å². The number of rotatable bonds is 7. The van der Waals surface area contributed by atoms with Gasteiger partial charge in [0.15, 0.2) is 0 Å². The Morgan fingerprint density at radius 3 is 2.03 bits per heavy atom. The van der Waals surface area contributed by atoms with Crippen molar-refractivity contribution in [3.63, 3.8) is 0 Å². The number of benzene rings is 2. The fourth-order valence-electron chi connectivity index (χ4n) is 3.54. The smallest absolute Gasteiger partial charge is 0.310 e. The van der Waals surface area contributed by atoms with E-state index in [0.29, 0.717) is 5.56 Å². The summed E-state index contributed by atoms with van der Waals surface area (Å²) < 4.78 is 0. The second-order valence-electron chi connectivity index (χ2n) is 7.74. The molecule has 6 heteroatoms. The summed E-state index contributed by atoms with van der Waals surface area (Å²) in [6, 6.07) is 18.4. The lowest BCUT2D eigenvalue weighted by Gasteiger charge is -2.32. The van der Waals surface area contributed by atoms with Gasteiger partial charge in [0.1, 0.15) is 12.2 Å². The molecule has 0 saturated carbocycles. The Balaban J connectivity index is 0.000000396. The second kappa shape index (κ2) is 11.9. The molecular weight excluding hydrogens is 380 g/mol. The summed E-state index contributed by atoms with van der Waals surface area (Å²) in [4.78, 5) is 33.1. The first-order valence-electron chi connectivity index (χ1n) is 10.2. The minimum Gasteiger partial charge on any atom is -0.481 e. The van der Waals surface area contributed by atoms with Crippen LogP contribution in [0.25, 0.3) is 0 Å². The first-order chi connectivity index (χ1) is 14.3. The molecule has 1 fully saturated rings. The molecule has 3 N–H and O–H groups in total. The van der Waals surface area contributed by atoms with Crippen molar-refractivity contribution in [2.24, 2.45) is 11.7 Å². The molecule has 30 heavy (non-hydrogen) atoms. The van der Waals surface area contributed by atoms with Crippen LogP contribution in [-0.2, 0) is 22.6 Å². The fraction of sp³-hybridized carbons (Fsp3) is 0.375. The van der Waals surface area contributed by atoms with Crippen LogP contribution in [0, 0.1) is 5.92 Å². The van der Waals surface area contributed by atoms with Crippen LogP contribution in [0.15, 0.2) is 54.6 Å². The number of primary amides is 1. The average molecular weight is 411 g/mol. The molecular formula is C24H30N2O4. The molecule has 3 rings (SSSR count). The Hall–Kier alpha value is -2.99. The number of carboxylic acid groups (broad SMARTS) is 1. The number of aliphatic carboxylic acids is 1. The topological polar surface area (TPSA) is 101 Å².